The second kappa shape index (κ2) is 8.85. The van der Waals surface area contributed by atoms with Gasteiger partial charge < -0.3 is 9.84 Å². The van der Waals surface area contributed by atoms with E-state index in [9.17, 15) is 19.1 Å². The molecule has 3 aromatic rings. The van der Waals surface area contributed by atoms with E-state index in [1.807, 2.05) is 0 Å². The van der Waals surface area contributed by atoms with Crippen LogP contribution in [-0.4, -0.2) is 23.4 Å². The van der Waals surface area contributed by atoms with Gasteiger partial charge in [-0.1, -0.05) is 48.0 Å². The number of aliphatic hydroxyl groups is 1. The van der Waals surface area contributed by atoms with Crippen LogP contribution in [-0.2, 0) is 9.59 Å². The number of nitrogens with zero attached hydrogens (tertiary/aromatic N) is 1. The summed E-state index contributed by atoms with van der Waals surface area (Å²) < 4.78 is 20.3. The van der Waals surface area contributed by atoms with Gasteiger partial charge in [-0.15, -0.1) is 0 Å². The number of halogens is 2. The third-order valence-corrected chi connectivity index (χ3v) is 5.50. The van der Waals surface area contributed by atoms with E-state index in [1.54, 1.807) is 43.3 Å². The first kappa shape index (κ1) is 21.6. The number of anilines is 1. The van der Waals surface area contributed by atoms with Gasteiger partial charge in [0.15, 0.2) is 0 Å². The van der Waals surface area contributed by atoms with E-state index in [2.05, 4.69) is 0 Å². The Balaban J connectivity index is 1.95. The Hall–Kier alpha value is -3.64. The molecule has 3 aromatic carbocycles. The van der Waals surface area contributed by atoms with E-state index < -0.39 is 29.3 Å². The van der Waals surface area contributed by atoms with E-state index in [0.29, 0.717) is 23.1 Å². The van der Waals surface area contributed by atoms with Crippen LogP contribution >= 0.6 is 11.6 Å². The summed E-state index contributed by atoms with van der Waals surface area (Å²) in [6.07, 6.45) is 0. The van der Waals surface area contributed by atoms with Gasteiger partial charge in [-0.05, 0) is 43.3 Å². The molecule has 0 aromatic heterocycles. The van der Waals surface area contributed by atoms with Gasteiger partial charge >= 0.3 is 0 Å². The maximum absolute atomic E-state index is 14.9. The molecule has 1 aliphatic heterocycles. The highest BCUT2D eigenvalue weighted by molar-refractivity contribution is 6.51. The van der Waals surface area contributed by atoms with Gasteiger partial charge in [0.05, 0.1) is 23.2 Å². The first-order chi connectivity index (χ1) is 15.4. The summed E-state index contributed by atoms with van der Waals surface area (Å²) in [4.78, 5) is 27.3. The van der Waals surface area contributed by atoms with Gasteiger partial charge in [0, 0.05) is 16.8 Å². The zero-order chi connectivity index (χ0) is 22.8. The monoisotopic (exact) mass is 451 g/mol. The summed E-state index contributed by atoms with van der Waals surface area (Å²) in [7, 11) is 0. The summed E-state index contributed by atoms with van der Waals surface area (Å²) >= 11 is 6.14. The van der Waals surface area contributed by atoms with Gasteiger partial charge in [0.2, 0.25) is 0 Å². The predicted octanol–water partition coefficient (Wildman–Crippen LogP) is 5.50. The maximum atomic E-state index is 14.9. The quantitative estimate of drug-likeness (QED) is 0.316. The molecule has 1 atom stereocenters. The fourth-order valence-electron chi connectivity index (χ4n) is 3.75. The fraction of sp³-hybridized carbons (Fsp3) is 0.120. The lowest BCUT2D eigenvalue weighted by Crippen LogP contribution is -2.29. The first-order valence-corrected chi connectivity index (χ1v) is 10.3. The molecule has 1 fully saturated rings. The summed E-state index contributed by atoms with van der Waals surface area (Å²) in [5.41, 5.74) is 0.517. The number of ketones is 1. The maximum Gasteiger partial charge on any atom is 0.300 e. The van der Waals surface area contributed by atoms with Crippen LogP contribution in [0.4, 0.5) is 10.1 Å². The van der Waals surface area contributed by atoms with E-state index in [1.165, 1.54) is 41.3 Å². The van der Waals surface area contributed by atoms with Crippen molar-refractivity contribution in [2.45, 2.75) is 13.0 Å². The smallest absolute Gasteiger partial charge is 0.300 e. The highest BCUT2D eigenvalue weighted by atomic mass is 35.5. The number of hydrogen-bond donors (Lipinski definition) is 1. The van der Waals surface area contributed by atoms with Crippen LogP contribution in [0.5, 0.6) is 5.75 Å². The number of carbonyl (C=O) groups excluding carboxylic acids is 2. The normalized spacial score (nSPS) is 17.6. The minimum Gasteiger partial charge on any atom is -0.507 e. The van der Waals surface area contributed by atoms with Crippen LogP contribution < -0.4 is 9.64 Å². The summed E-state index contributed by atoms with van der Waals surface area (Å²) in [6.45, 7) is 2.13. The number of benzene rings is 3. The van der Waals surface area contributed by atoms with Crippen molar-refractivity contribution in [3.05, 3.63) is 100 Å². The SMILES string of the molecule is CCOc1cc(/C(O)=C2\C(=O)C(=O)N(c3ccccc3)C2c2ccccc2F)ccc1Cl. The van der Waals surface area contributed by atoms with Crippen LogP contribution in [0, 0.1) is 5.82 Å². The van der Waals surface area contributed by atoms with Crippen molar-refractivity contribution in [3.63, 3.8) is 0 Å². The zero-order valence-electron chi connectivity index (χ0n) is 17.1. The number of aliphatic hydroxyl groups excluding tert-OH is 1. The summed E-state index contributed by atoms with van der Waals surface area (Å²) in [6, 6.07) is 17.7. The molecule has 0 radical (unpaired) electrons. The van der Waals surface area contributed by atoms with Gasteiger partial charge in [-0.3, -0.25) is 14.5 Å². The summed E-state index contributed by atoms with van der Waals surface area (Å²) in [5, 5.41) is 11.5. The lowest BCUT2D eigenvalue weighted by molar-refractivity contribution is -0.132. The van der Waals surface area contributed by atoms with Gasteiger partial charge in [-0.25, -0.2) is 4.39 Å². The van der Waals surface area contributed by atoms with E-state index in [0.717, 1.165) is 0 Å². The Morgan fingerprint density at radius 3 is 2.44 bits per heavy atom. The number of hydrogen-bond acceptors (Lipinski definition) is 4. The van der Waals surface area contributed by atoms with Crippen LogP contribution in [0.15, 0.2) is 78.4 Å². The fourth-order valence-corrected chi connectivity index (χ4v) is 3.92. The molecule has 0 spiro atoms. The van der Waals surface area contributed by atoms with Crippen LogP contribution in [0.1, 0.15) is 24.1 Å². The second-order valence-corrected chi connectivity index (χ2v) is 7.51. The highest BCUT2D eigenvalue weighted by Crippen LogP contribution is 2.43. The number of Topliss-reactive ketones (excluding diaryl/α,β-unsaturated/α-hetero) is 1. The van der Waals surface area contributed by atoms with E-state index in [-0.39, 0.29) is 16.7 Å². The molecule has 7 heteroatoms. The van der Waals surface area contributed by atoms with E-state index >= 15 is 0 Å². The molecule has 162 valence electrons. The molecule has 0 saturated carbocycles. The number of para-hydroxylation sites is 1. The lowest BCUT2D eigenvalue weighted by Gasteiger charge is -2.25. The third-order valence-electron chi connectivity index (χ3n) is 5.18. The topological polar surface area (TPSA) is 66.8 Å². The van der Waals surface area contributed by atoms with Crippen molar-refractivity contribution < 1.29 is 23.8 Å². The largest absolute Gasteiger partial charge is 0.507 e. The highest BCUT2D eigenvalue weighted by Gasteiger charge is 2.47. The minimum absolute atomic E-state index is 0.0936. The predicted molar refractivity (Wildman–Crippen MR) is 120 cm³/mol. The molecule has 4 rings (SSSR count). The van der Waals surface area contributed by atoms with Crippen LogP contribution in [0.25, 0.3) is 5.76 Å². The van der Waals surface area contributed by atoms with Gasteiger partial charge in [0.25, 0.3) is 11.7 Å². The van der Waals surface area contributed by atoms with Gasteiger partial charge in [-0.2, -0.15) is 0 Å². The Morgan fingerprint density at radius 2 is 1.75 bits per heavy atom. The zero-order valence-corrected chi connectivity index (χ0v) is 17.8. The molecule has 0 aliphatic carbocycles. The molecular weight excluding hydrogens is 433 g/mol. The number of ether oxygens (including phenoxy) is 1. The third kappa shape index (κ3) is 3.74. The molecular formula is C25H19ClFNO4. The Morgan fingerprint density at radius 1 is 1.06 bits per heavy atom. The molecule has 1 unspecified atom stereocenters. The van der Waals surface area contributed by atoms with Crippen molar-refractivity contribution in [1.82, 2.24) is 0 Å². The molecule has 32 heavy (non-hydrogen) atoms. The molecule has 1 N–H and O–H groups in total. The average molecular weight is 452 g/mol. The molecule has 1 heterocycles. The summed E-state index contributed by atoms with van der Waals surface area (Å²) in [5.74, 6) is -2.49. The van der Waals surface area contributed by atoms with Crippen LogP contribution in [0.2, 0.25) is 5.02 Å². The van der Waals surface area contributed by atoms with Gasteiger partial charge in [0.1, 0.15) is 17.3 Å². The Bertz CT molecular complexity index is 1230. The standard InChI is InChI=1S/C25H19ClFNO4/c1-2-32-20-14-15(12-13-18(20)26)23(29)21-22(17-10-6-7-11-19(17)27)28(25(31)24(21)30)16-8-4-3-5-9-16/h3-14,22,29H,2H2,1H3/b23-21+. The molecule has 5 nitrogen and oxygen atoms in total. The Labute approximate surface area is 189 Å². The van der Waals surface area contributed by atoms with Crippen molar-refractivity contribution in [2.24, 2.45) is 0 Å². The average Bonchev–Trinajstić information content (AvgIpc) is 3.06. The number of carbonyl (C=O) groups is 2. The second-order valence-electron chi connectivity index (χ2n) is 7.10. The van der Waals surface area contributed by atoms with Crippen molar-refractivity contribution in [1.29, 1.82) is 0 Å². The van der Waals surface area contributed by atoms with Crippen molar-refractivity contribution in [3.8, 4) is 5.75 Å². The lowest BCUT2D eigenvalue weighted by atomic mass is 9.94. The van der Waals surface area contributed by atoms with E-state index in [4.69, 9.17) is 16.3 Å². The molecule has 1 amide bonds. The van der Waals surface area contributed by atoms with Crippen molar-refractivity contribution in [2.75, 3.05) is 11.5 Å². The molecule has 0 bridgehead atoms. The minimum atomic E-state index is -1.15. The van der Waals surface area contributed by atoms with Crippen molar-refractivity contribution >= 4 is 34.7 Å². The molecule has 1 aliphatic rings. The first-order valence-electron chi connectivity index (χ1n) is 9.97. The molecule has 1 saturated heterocycles. The van der Waals surface area contributed by atoms with Crippen LogP contribution in [0.3, 0.4) is 0 Å². The number of rotatable bonds is 5. The number of amides is 1. The Kier molecular flexibility index (Phi) is 5.97.